The molecule has 0 saturated carbocycles. The molecule has 0 N–H and O–H groups in total. The van der Waals surface area contributed by atoms with Crippen LogP contribution in [0.15, 0.2) is 30.3 Å². The number of esters is 1. The Kier molecular flexibility index (Phi) is 5.97. The van der Waals surface area contributed by atoms with Crippen molar-refractivity contribution >= 4 is 50.6 Å². The number of para-hydroxylation sites is 1. The molecule has 0 radical (unpaired) electrons. The standard InChI is InChI=1S/C20H22ClN3O2S/c1-5-24(14-9-7-6-8-10-14)17-15-13(4)16(19(25)26-11-12(2)3)27-18(15)23-20(21)22-17/h6-10,12H,5,11H2,1-4H3. The lowest BCUT2D eigenvalue weighted by molar-refractivity contribution is 0.0464. The van der Waals surface area contributed by atoms with Crippen LogP contribution in [0.25, 0.3) is 10.2 Å². The van der Waals surface area contributed by atoms with E-state index in [1.54, 1.807) is 0 Å². The number of aromatic nitrogens is 2. The fraction of sp³-hybridized carbons (Fsp3) is 0.350. The van der Waals surface area contributed by atoms with Gasteiger partial charge < -0.3 is 9.64 Å². The van der Waals surface area contributed by atoms with Crippen molar-refractivity contribution in [2.75, 3.05) is 18.1 Å². The minimum Gasteiger partial charge on any atom is -0.461 e. The minimum absolute atomic E-state index is 0.162. The molecular weight excluding hydrogens is 382 g/mol. The number of carbonyl (C=O) groups excluding carboxylic acids is 1. The first-order valence-electron chi connectivity index (χ1n) is 8.88. The molecule has 0 fully saturated rings. The van der Waals surface area contributed by atoms with Crippen LogP contribution in [0, 0.1) is 12.8 Å². The van der Waals surface area contributed by atoms with Crippen molar-refractivity contribution in [3.8, 4) is 0 Å². The monoisotopic (exact) mass is 403 g/mol. The maximum atomic E-state index is 12.5. The van der Waals surface area contributed by atoms with Crippen molar-refractivity contribution < 1.29 is 9.53 Å². The Morgan fingerprint density at radius 1 is 1.26 bits per heavy atom. The van der Waals surface area contributed by atoms with E-state index >= 15 is 0 Å². The number of carbonyl (C=O) groups is 1. The summed E-state index contributed by atoms with van der Waals surface area (Å²) < 4.78 is 5.42. The van der Waals surface area contributed by atoms with Crippen molar-refractivity contribution in [2.45, 2.75) is 27.7 Å². The number of ether oxygens (including phenoxy) is 1. The lowest BCUT2D eigenvalue weighted by Crippen LogP contribution is -2.18. The third-order valence-corrected chi connectivity index (χ3v) is 5.45. The summed E-state index contributed by atoms with van der Waals surface area (Å²) in [6.45, 7) is 9.06. The van der Waals surface area contributed by atoms with Crippen LogP contribution in [0.2, 0.25) is 5.28 Å². The number of aryl methyl sites for hydroxylation is 1. The van der Waals surface area contributed by atoms with Gasteiger partial charge in [-0.25, -0.2) is 9.78 Å². The van der Waals surface area contributed by atoms with Gasteiger partial charge in [-0.15, -0.1) is 11.3 Å². The summed E-state index contributed by atoms with van der Waals surface area (Å²) >= 11 is 7.50. The van der Waals surface area contributed by atoms with E-state index in [9.17, 15) is 4.79 Å². The number of halogens is 1. The van der Waals surface area contributed by atoms with E-state index in [1.807, 2.05) is 58.0 Å². The molecule has 0 spiro atoms. The zero-order valence-electron chi connectivity index (χ0n) is 15.8. The predicted octanol–water partition coefficient (Wildman–Crippen LogP) is 5.62. The highest BCUT2D eigenvalue weighted by Crippen LogP contribution is 2.38. The maximum absolute atomic E-state index is 12.5. The van der Waals surface area contributed by atoms with Crippen LogP contribution in [0.4, 0.5) is 11.5 Å². The largest absolute Gasteiger partial charge is 0.461 e. The Labute approximate surface area is 168 Å². The summed E-state index contributed by atoms with van der Waals surface area (Å²) in [7, 11) is 0. The van der Waals surface area contributed by atoms with Crippen LogP contribution in [0.3, 0.4) is 0 Å². The molecule has 0 bridgehead atoms. The first-order chi connectivity index (χ1) is 12.9. The third-order valence-electron chi connectivity index (χ3n) is 4.12. The van der Waals surface area contributed by atoms with Gasteiger partial charge in [0.15, 0.2) is 0 Å². The van der Waals surface area contributed by atoms with E-state index in [4.69, 9.17) is 16.3 Å². The molecule has 0 aliphatic rings. The van der Waals surface area contributed by atoms with Crippen molar-refractivity contribution in [3.63, 3.8) is 0 Å². The van der Waals surface area contributed by atoms with Gasteiger partial charge in [0.2, 0.25) is 5.28 Å². The van der Waals surface area contributed by atoms with Crippen LogP contribution in [0.5, 0.6) is 0 Å². The number of anilines is 2. The van der Waals surface area contributed by atoms with Crippen LogP contribution in [-0.4, -0.2) is 29.1 Å². The predicted molar refractivity (Wildman–Crippen MR) is 111 cm³/mol. The lowest BCUT2D eigenvalue weighted by Gasteiger charge is -2.23. The summed E-state index contributed by atoms with van der Waals surface area (Å²) in [5, 5.41) is 1.00. The van der Waals surface area contributed by atoms with Gasteiger partial charge in [0.25, 0.3) is 0 Å². The summed E-state index contributed by atoms with van der Waals surface area (Å²) in [6.07, 6.45) is 0. The molecule has 2 aromatic heterocycles. The number of nitrogens with zero attached hydrogens (tertiary/aromatic N) is 3. The summed E-state index contributed by atoms with van der Waals surface area (Å²) in [6, 6.07) is 9.97. The summed E-state index contributed by atoms with van der Waals surface area (Å²) in [5.74, 6) is 0.659. The number of fused-ring (bicyclic) bond motifs is 1. The van der Waals surface area contributed by atoms with Gasteiger partial charge in [-0.3, -0.25) is 0 Å². The van der Waals surface area contributed by atoms with Gasteiger partial charge in [0.05, 0.1) is 12.0 Å². The second kappa shape index (κ2) is 8.23. The number of benzene rings is 1. The Bertz CT molecular complexity index is 957. The third kappa shape index (κ3) is 4.06. The molecule has 27 heavy (non-hydrogen) atoms. The van der Waals surface area contributed by atoms with Gasteiger partial charge in [-0.2, -0.15) is 4.98 Å². The molecule has 0 amide bonds. The molecule has 0 atom stereocenters. The fourth-order valence-corrected chi connectivity index (χ4v) is 4.14. The highest BCUT2D eigenvalue weighted by Gasteiger charge is 2.24. The molecule has 1 aromatic carbocycles. The molecule has 7 heteroatoms. The van der Waals surface area contributed by atoms with Gasteiger partial charge in [0, 0.05) is 12.2 Å². The average Bonchev–Trinajstić information content (AvgIpc) is 2.97. The van der Waals surface area contributed by atoms with Gasteiger partial charge in [-0.1, -0.05) is 32.0 Å². The highest BCUT2D eigenvalue weighted by atomic mass is 35.5. The number of hydrogen-bond donors (Lipinski definition) is 0. The molecule has 142 valence electrons. The smallest absolute Gasteiger partial charge is 0.348 e. The molecule has 0 aliphatic heterocycles. The molecule has 2 heterocycles. The number of hydrogen-bond acceptors (Lipinski definition) is 6. The quantitative estimate of drug-likeness (QED) is 0.394. The molecule has 0 unspecified atom stereocenters. The zero-order chi connectivity index (χ0) is 19.6. The SMILES string of the molecule is CCN(c1ccccc1)c1nc(Cl)nc2sc(C(=O)OCC(C)C)c(C)c12. The van der Waals surface area contributed by atoms with Gasteiger partial charge in [-0.05, 0) is 49.1 Å². The fourth-order valence-electron chi connectivity index (χ4n) is 2.85. The Morgan fingerprint density at radius 3 is 2.59 bits per heavy atom. The van der Waals surface area contributed by atoms with E-state index in [-0.39, 0.29) is 17.2 Å². The maximum Gasteiger partial charge on any atom is 0.348 e. The molecular formula is C20H22ClN3O2S. The van der Waals surface area contributed by atoms with Gasteiger partial charge in [0.1, 0.15) is 15.5 Å². The van der Waals surface area contributed by atoms with Gasteiger partial charge >= 0.3 is 5.97 Å². The first kappa shape index (κ1) is 19.6. The van der Waals surface area contributed by atoms with Crippen molar-refractivity contribution in [1.29, 1.82) is 0 Å². The van der Waals surface area contributed by atoms with Crippen molar-refractivity contribution in [3.05, 3.63) is 46.1 Å². The molecule has 0 aliphatic carbocycles. The second-order valence-electron chi connectivity index (χ2n) is 6.62. The van der Waals surface area contributed by atoms with E-state index in [2.05, 4.69) is 14.9 Å². The lowest BCUT2D eigenvalue weighted by atomic mass is 10.2. The van der Waals surface area contributed by atoms with Crippen LogP contribution < -0.4 is 4.90 Å². The topological polar surface area (TPSA) is 55.3 Å². The Morgan fingerprint density at radius 2 is 1.96 bits per heavy atom. The Hall–Kier alpha value is -2.18. The molecule has 3 rings (SSSR count). The zero-order valence-corrected chi connectivity index (χ0v) is 17.4. The van der Waals surface area contributed by atoms with Crippen LogP contribution in [0.1, 0.15) is 36.0 Å². The number of rotatable bonds is 6. The summed E-state index contributed by atoms with van der Waals surface area (Å²) in [4.78, 5) is 24.7. The summed E-state index contributed by atoms with van der Waals surface area (Å²) in [5.41, 5.74) is 1.83. The van der Waals surface area contributed by atoms with E-state index < -0.39 is 0 Å². The van der Waals surface area contributed by atoms with Crippen molar-refractivity contribution in [2.24, 2.45) is 5.92 Å². The molecule has 3 aromatic rings. The van der Waals surface area contributed by atoms with Crippen LogP contribution in [-0.2, 0) is 4.74 Å². The van der Waals surface area contributed by atoms with E-state index in [0.717, 1.165) is 16.6 Å². The number of thiophene rings is 1. The first-order valence-corrected chi connectivity index (χ1v) is 10.1. The normalized spacial score (nSPS) is 11.2. The minimum atomic E-state index is -0.325. The van der Waals surface area contributed by atoms with E-state index in [0.29, 0.717) is 28.7 Å². The Balaban J connectivity index is 2.12. The molecule has 0 saturated heterocycles. The molecule has 5 nitrogen and oxygen atoms in total. The highest BCUT2D eigenvalue weighted by molar-refractivity contribution is 7.20. The van der Waals surface area contributed by atoms with Crippen molar-refractivity contribution in [1.82, 2.24) is 9.97 Å². The van der Waals surface area contributed by atoms with Crippen LogP contribution >= 0.6 is 22.9 Å². The van der Waals surface area contributed by atoms with E-state index in [1.165, 1.54) is 11.3 Å². The second-order valence-corrected chi connectivity index (χ2v) is 7.96. The average molecular weight is 404 g/mol.